The van der Waals surface area contributed by atoms with E-state index >= 15 is 0 Å². The molecule has 0 radical (unpaired) electrons. The van der Waals surface area contributed by atoms with E-state index in [1.54, 1.807) is 0 Å². The molecule has 0 bridgehead atoms. The molecule has 0 unspecified atom stereocenters. The monoisotopic (exact) mass is 938 g/mol. The molecule has 0 atom stereocenters. The SMILES string of the molecule is c1ccc(-n2c3ccccc3c3cc(-c4ccc5c(c4)c4ccccc4n5-c4nc(-c5ccc6c7ccccc7c7ccccc7c6c5)cc(-c5ccc6c7ccccc7c7ccccc7c6c5)n4)ccc32)cc1. The van der Waals surface area contributed by atoms with Gasteiger partial charge in [-0.05, 0) is 142 Å². The third-order valence-corrected chi connectivity index (χ3v) is 15.7. The topological polar surface area (TPSA) is 35.6 Å². The average Bonchev–Trinajstić information content (AvgIpc) is 4.02. The normalized spacial score (nSPS) is 12.1. The fraction of sp³-hybridized carbons (Fsp3) is 0. The summed E-state index contributed by atoms with van der Waals surface area (Å²) in [5, 5.41) is 19.6. The van der Waals surface area contributed by atoms with Crippen LogP contribution in [0, 0.1) is 0 Å². The summed E-state index contributed by atoms with van der Waals surface area (Å²) in [5.41, 5.74) is 11.7. The third-order valence-electron chi connectivity index (χ3n) is 15.7. The molecule has 74 heavy (non-hydrogen) atoms. The molecular weight excluding hydrogens is 897 g/mol. The maximum Gasteiger partial charge on any atom is 0.235 e. The van der Waals surface area contributed by atoms with E-state index in [-0.39, 0.29) is 0 Å². The number of nitrogens with zero attached hydrogens (tertiary/aromatic N) is 4. The summed E-state index contributed by atoms with van der Waals surface area (Å²) in [6, 6.07) is 92.9. The van der Waals surface area contributed by atoms with Crippen LogP contribution in [0.15, 0.2) is 255 Å². The van der Waals surface area contributed by atoms with Gasteiger partial charge in [-0.1, -0.05) is 188 Å². The lowest BCUT2D eigenvalue weighted by atomic mass is 9.92. The molecule has 0 amide bonds. The zero-order valence-corrected chi connectivity index (χ0v) is 40.0. The van der Waals surface area contributed by atoms with Crippen molar-refractivity contribution in [1.29, 1.82) is 0 Å². The number of hydrogen-bond donors (Lipinski definition) is 0. The molecule has 0 N–H and O–H groups in total. The molecule has 0 aliphatic rings. The Morgan fingerprint density at radius 2 is 0.514 bits per heavy atom. The quantitative estimate of drug-likeness (QED) is 0.161. The van der Waals surface area contributed by atoms with Crippen LogP contribution in [0.1, 0.15) is 0 Å². The summed E-state index contributed by atoms with van der Waals surface area (Å²) < 4.78 is 4.64. The molecule has 0 saturated carbocycles. The Labute approximate surface area is 425 Å². The summed E-state index contributed by atoms with van der Waals surface area (Å²) in [5.74, 6) is 0.624. The minimum atomic E-state index is 0.624. The second-order valence-corrected chi connectivity index (χ2v) is 19.6. The molecule has 0 saturated heterocycles. The summed E-state index contributed by atoms with van der Waals surface area (Å²) in [4.78, 5) is 11.2. The predicted molar refractivity (Wildman–Crippen MR) is 312 cm³/mol. The van der Waals surface area contributed by atoms with Gasteiger partial charge in [-0.2, -0.15) is 0 Å². The van der Waals surface area contributed by atoms with Crippen molar-refractivity contribution in [1.82, 2.24) is 19.1 Å². The number of rotatable bonds is 5. The lowest BCUT2D eigenvalue weighted by Crippen LogP contribution is -2.04. The third kappa shape index (κ3) is 6.03. The van der Waals surface area contributed by atoms with Gasteiger partial charge in [0, 0.05) is 38.4 Å². The Kier molecular flexibility index (Phi) is 8.71. The second-order valence-electron chi connectivity index (χ2n) is 19.6. The van der Waals surface area contributed by atoms with E-state index in [0.717, 1.165) is 55.6 Å². The van der Waals surface area contributed by atoms with E-state index < -0.39 is 0 Å². The van der Waals surface area contributed by atoms with Crippen LogP contribution in [0.5, 0.6) is 0 Å². The molecule has 0 fully saturated rings. The molecule has 342 valence electrons. The largest absolute Gasteiger partial charge is 0.309 e. The first-order chi connectivity index (χ1) is 36.7. The smallest absolute Gasteiger partial charge is 0.235 e. The first kappa shape index (κ1) is 40.8. The minimum Gasteiger partial charge on any atom is -0.309 e. The van der Waals surface area contributed by atoms with Crippen LogP contribution in [-0.2, 0) is 0 Å². The van der Waals surface area contributed by atoms with Crippen LogP contribution in [0.25, 0.3) is 154 Å². The van der Waals surface area contributed by atoms with Crippen molar-refractivity contribution in [2.45, 2.75) is 0 Å². The van der Waals surface area contributed by atoms with Crippen molar-refractivity contribution < 1.29 is 0 Å². The van der Waals surface area contributed by atoms with Gasteiger partial charge in [0.1, 0.15) is 0 Å². The van der Waals surface area contributed by atoms with E-state index in [2.05, 4.69) is 264 Å². The molecule has 0 spiro atoms. The van der Waals surface area contributed by atoms with E-state index in [1.165, 1.54) is 92.0 Å². The molecule has 13 aromatic carbocycles. The van der Waals surface area contributed by atoms with E-state index in [0.29, 0.717) is 5.95 Å². The molecule has 3 aromatic heterocycles. The molecular formula is C70H42N4. The van der Waals surface area contributed by atoms with Crippen molar-refractivity contribution in [3.05, 3.63) is 255 Å². The standard InChI is InChI=1S/C70H42N4/c1-2-16-47(17-3-1)73-66-28-14-12-26-58(66)62-38-43(32-36-68(62)73)44-33-37-69-63(39-44)59-27-13-15-29-67(59)74(69)70-71-64(45-30-34-56-52-22-6-4-18-48(52)50-20-8-10-24-54(50)60(56)40-45)42-65(72-70)46-31-35-57-53-23-7-5-19-49(53)51-21-9-11-25-55(51)61(57)41-46/h1-42H. The number of fused-ring (bicyclic) bond motifs is 18. The van der Waals surface area contributed by atoms with E-state index in [9.17, 15) is 0 Å². The summed E-state index contributed by atoms with van der Waals surface area (Å²) in [7, 11) is 0. The van der Waals surface area contributed by atoms with Gasteiger partial charge >= 0.3 is 0 Å². The predicted octanol–water partition coefficient (Wildman–Crippen LogP) is 18.6. The summed E-state index contributed by atoms with van der Waals surface area (Å²) in [6.45, 7) is 0. The number of para-hydroxylation sites is 3. The van der Waals surface area contributed by atoms with Gasteiger partial charge in [0.25, 0.3) is 0 Å². The van der Waals surface area contributed by atoms with Gasteiger partial charge in [-0.15, -0.1) is 0 Å². The second kappa shape index (κ2) is 15.8. The van der Waals surface area contributed by atoms with Crippen molar-refractivity contribution in [2.75, 3.05) is 0 Å². The summed E-state index contributed by atoms with van der Waals surface area (Å²) >= 11 is 0. The average molecular weight is 939 g/mol. The van der Waals surface area contributed by atoms with Crippen LogP contribution < -0.4 is 0 Å². The number of benzene rings is 13. The van der Waals surface area contributed by atoms with Crippen molar-refractivity contribution in [3.8, 4) is 45.3 Å². The fourth-order valence-corrected chi connectivity index (χ4v) is 12.3. The zero-order valence-electron chi connectivity index (χ0n) is 40.0. The van der Waals surface area contributed by atoms with Crippen LogP contribution in [-0.4, -0.2) is 19.1 Å². The Morgan fingerprint density at radius 3 is 0.959 bits per heavy atom. The van der Waals surface area contributed by atoms with Gasteiger partial charge in [0.05, 0.1) is 33.5 Å². The van der Waals surface area contributed by atoms with Crippen LogP contribution >= 0.6 is 0 Å². The Bertz CT molecular complexity index is 4770. The van der Waals surface area contributed by atoms with Crippen molar-refractivity contribution in [3.63, 3.8) is 0 Å². The highest BCUT2D eigenvalue weighted by atomic mass is 15.2. The van der Waals surface area contributed by atoms with Crippen molar-refractivity contribution >= 4 is 108 Å². The fourth-order valence-electron chi connectivity index (χ4n) is 12.3. The van der Waals surface area contributed by atoms with E-state index in [4.69, 9.17) is 9.97 Å². The van der Waals surface area contributed by atoms with Gasteiger partial charge in [0.15, 0.2) is 0 Å². The highest BCUT2D eigenvalue weighted by molar-refractivity contribution is 6.27. The molecule has 4 nitrogen and oxygen atoms in total. The summed E-state index contributed by atoms with van der Waals surface area (Å²) in [6.07, 6.45) is 0. The first-order valence-corrected chi connectivity index (χ1v) is 25.4. The lowest BCUT2D eigenvalue weighted by Gasteiger charge is -2.15. The van der Waals surface area contributed by atoms with Gasteiger partial charge in [0.2, 0.25) is 5.95 Å². The van der Waals surface area contributed by atoms with Crippen LogP contribution in [0.4, 0.5) is 0 Å². The molecule has 0 aliphatic heterocycles. The maximum absolute atomic E-state index is 5.59. The molecule has 16 aromatic rings. The highest BCUT2D eigenvalue weighted by Gasteiger charge is 2.21. The zero-order chi connectivity index (χ0) is 48.4. The molecule has 16 rings (SSSR count). The van der Waals surface area contributed by atoms with Crippen LogP contribution in [0.3, 0.4) is 0 Å². The Balaban J connectivity index is 0.922. The number of aromatic nitrogens is 4. The first-order valence-electron chi connectivity index (χ1n) is 25.4. The van der Waals surface area contributed by atoms with Gasteiger partial charge in [-0.25, -0.2) is 9.97 Å². The van der Waals surface area contributed by atoms with E-state index in [1.807, 2.05) is 0 Å². The molecule has 0 aliphatic carbocycles. The maximum atomic E-state index is 5.59. The van der Waals surface area contributed by atoms with Gasteiger partial charge in [-0.3, -0.25) is 4.57 Å². The molecule has 4 heteroatoms. The highest BCUT2D eigenvalue weighted by Crippen LogP contribution is 2.42. The number of hydrogen-bond acceptors (Lipinski definition) is 2. The lowest BCUT2D eigenvalue weighted by molar-refractivity contribution is 0.996. The Morgan fingerprint density at radius 1 is 0.203 bits per heavy atom. The van der Waals surface area contributed by atoms with Gasteiger partial charge < -0.3 is 4.57 Å². The Hall–Kier alpha value is -9.90. The van der Waals surface area contributed by atoms with Crippen molar-refractivity contribution in [2.24, 2.45) is 0 Å². The van der Waals surface area contributed by atoms with Crippen LogP contribution in [0.2, 0.25) is 0 Å². The molecule has 3 heterocycles. The minimum absolute atomic E-state index is 0.624.